The highest BCUT2D eigenvalue weighted by atomic mass is 16.4. The van der Waals surface area contributed by atoms with Crippen molar-refractivity contribution in [2.45, 2.75) is 20.4 Å². The second-order valence-electron chi connectivity index (χ2n) is 5.24. The molecule has 0 radical (unpaired) electrons. The van der Waals surface area contributed by atoms with Crippen LogP contribution in [0.5, 0.6) is 0 Å². The number of aromatic nitrogens is 3. The van der Waals surface area contributed by atoms with E-state index in [0.29, 0.717) is 12.1 Å². The second-order valence-corrected chi connectivity index (χ2v) is 5.24. The number of fused-ring (bicyclic) bond motifs is 1. The first-order valence-electron chi connectivity index (χ1n) is 6.80. The average molecular weight is 286 g/mol. The quantitative estimate of drug-likeness (QED) is 0.800. The Balaban J connectivity index is 1.87. The number of benzene rings is 1. The molecule has 2 aromatic heterocycles. The van der Waals surface area contributed by atoms with E-state index < -0.39 is 0 Å². The predicted molar refractivity (Wildman–Crippen MR) is 81.5 cm³/mol. The molecule has 6 nitrogen and oxygen atoms in total. The summed E-state index contributed by atoms with van der Waals surface area (Å²) < 4.78 is 8.57. The van der Waals surface area contributed by atoms with Gasteiger partial charge in [-0.25, -0.2) is 4.79 Å². The van der Waals surface area contributed by atoms with Gasteiger partial charge >= 0.3 is 5.76 Å². The Morgan fingerprint density at radius 1 is 1.29 bits per heavy atom. The van der Waals surface area contributed by atoms with Crippen molar-refractivity contribution in [3.05, 3.63) is 45.7 Å². The number of aryl methyl sites for hydroxylation is 3. The number of oxazole rings is 1. The molecule has 0 aliphatic rings. The van der Waals surface area contributed by atoms with Crippen LogP contribution in [0, 0.1) is 13.8 Å². The van der Waals surface area contributed by atoms with Gasteiger partial charge in [0.15, 0.2) is 5.58 Å². The van der Waals surface area contributed by atoms with E-state index >= 15 is 0 Å². The van der Waals surface area contributed by atoms with Gasteiger partial charge < -0.3 is 9.73 Å². The van der Waals surface area contributed by atoms with E-state index in [9.17, 15) is 4.79 Å². The van der Waals surface area contributed by atoms with Crippen LogP contribution in [0.2, 0.25) is 0 Å². The molecule has 0 bridgehead atoms. The van der Waals surface area contributed by atoms with Gasteiger partial charge in [0.1, 0.15) is 0 Å². The van der Waals surface area contributed by atoms with Crippen LogP contribution in [0.3, 0.4) is 0 Å². The van der Waals surface area contributed by atoms with Crippen molar-refractivity contribution in [2.24, 2.45) is 14.1 Å². The number of anilines is 1. The van der Waals surface area contributed by atoms with Crippen LogP contribution >= 0.6 is 0 Å². The van der Waals surface area contributed by atoms with Crippen molar-refractivity contribution in [2.75, 3.05) is 5.32 Å². The molecular weight excluding hydrogens is 268 g/mol. The van der Waals surface area contributed by atoms with Crippen molar-refractivity contribution in [1.29, 1.82) is 0 Å². The first kappa shape index (κ1) is 13.5. The van der Waals surface area contributed by atoms with Gasteiger partial charge in [-0.2, -0.15) is 5.10 Å². The minimum atomic E-state index is -0.346. The lowest BCUT2D eigenvalue weighted by molar-refractivity contribution is 0.528. The fourth-order valence-electron chi connectivity index (χ4n) is 2.51. The van der Waals surface area contributed by atoms with Gasteiger partial charge in [0, 0.05) is 43.7 Å². The van der Waals surface area contributed by atoms with E-state index in [2.05, 4.69) is 17.3 Å². The number of rotatable bonds is 3. The molecule has 0 spiro atoms. The summed E-state index contributed by atoms with van der Waals surface area (Å²) in [5.74, 6) is -0.346. The molecule has 0 saturated heterocycles. The third kappa shape index (κ3) is 2.22. The monoisotopic (exact) mass is 286 g/mol. The summed E-state index contributed by atoms with van der Waals surface area (Å²) in [6, 6.07) is 5.67. The smallest absolute Gasteiger partial charge is 0.408 e. The molecule has 0 saturated carbocycles. The summed E-state index contributed by atoms with van der Waals surface area (Å²) in [7, 11) is 3.64. The van der Waals surface area contributed by atoms with Crippen LogP contribution < -0.4 is 11.1 Å². The van der Waals surface area contributed by atoms with Gasteiger partial charge in [-0.1, -0.05) is 0 Å². The van der Waals surface area contributed by atoms with Crippen LogP contribution in [-0.2, 0) is 20.6 Å². The summed E-state index contributed by atoms with van der Waals surface area (Å²) in [5.41, 5.74) is 5.65. The zero-order valence-corrected chi connectivity index (χ0v) is 12.6. The van der Waals surface area contributed by atoms with E-state index in [-0.39, 0.29) is 5.76 Å². The van der Waals surface area contributed by atoms with E-state index in [1.165, 1.54) is 10.1 Å². The highest BCUT2D eigenvalue weighted by molar-refractivity contribution is 5.77. The molecule has 0 aliphatic heterocycles. The molecule has 1 aromatic carbocycles. The maximum Gasteiger partial charge on any atom is 0.419 e. The van der Waals surface area contributed by atoms with Crippen molar-refractivity contribution in [1.82, 2.24) is 14.3 Å². The first-order chi connectivity index (χ1) is 9.97. The van der Waals surface area contributed by atoms with Crippen LogP contribution in [-0.4, -0.2) is 14.3 Å². The fraction of sp³-hybridized carbons (Fsp3) is 0.333. The number of nitrogens with zero attached hydrogens (tertiary/aromatic N) is 3. The Morgan fingerprint density at radius 2 is 2.05 bits per heavy atom. The Hall–Kier alpha value is -2.50. The van der Waals surface area contributed by atoms with Crippen molar-refractivity contribution < 1.29 is 4.42 Å². The van der Waals surface area contributed by atoms with Crippen LogP contribution in [0.4, 0.5) is 5.69 Å². The maximum atomic E-state index is 11.5. The standard InChI is InChI=1S/C15H18N4O2/c1-9-12(10(2)19(4)17-9)8-16-11-5-6-13-14(7-11)21-15(20)18(13)3/h5-7,16H,8H2,1-4H3. The van der Waals surface area contributed by atoms with E-state index in [4.69, 9.17) is 4.42 Å². The van der Waals surface area contributed by atoms with E-state index in [1.54, 1.807) is 7.05 Å². The summed E-state index contributed by atoms with van der Waals surface area (Å²) >= 11 is 0. The third-order valence-corrected chi connectivity index (χ3v) is 3.92. The topological polar surface area (TPSA) is 65.0 Å². The Kier molecular flexibility index (Phi) is 3.08. The molecule has 110 valence electrons. The Labute approximate surface area is 122 Å². The Bertz CT molecular complexity index is 870. The minimum Gasteiger partial charge on any atom is -0.408 e. The SMILES string of the molecule is Cc1nn(C)c(C)c1CNc1ccc2c(c1)oc(=O)n2C. The van der Waals surface area contributed by atoms with Gasteiger partial charge in [-0.3, -0.25) is 9.25 Å². The predicted octanol–water partition coefficient (Wildman–Crippen LogP) is 2.09. The average Bonchev–Trinajstić information content (AvgIpc) is 2.86. The van der Waals surface area contributed by atoms with Crippen molar-refractivity contribution >= 4 is 16.8 Å². The lowest BCUT2D eigenvalue weighted by Gasteiger charge is -2.07. The van der Waals surface area contributed by atoms with Crippen molar-refractivity contribution in [3.63, 3.8) is 0 Å². The lowest BCUT2D eigenvalue weighted by Crippen LogP contribution is -2.08. The molecule has 1 N–H and O–H groups in total. The Morgan fingerprint density at radius 3 is 2.71 bits per heavy atom. The summed E-state index contributed by atoms with van der Waals surface area (Å²) in [6.45, 7) is 4.74. The summed E-state index contributed by atoms with van der Waals surface area (Å²) in [5, 5.41) is 7.75. The van der Waals surface area contributed by atoms with Gasteiger partial charge in [-0.15, -0.1) is 0 Å². The molecular formula is C15H18N4O2. The number of hydrogen-bond acceptors (Lipinski definition) is 4. The van der Waals surface area contributed by atoms with Crippen LogP contribution in [0.15, 0.2) is 27.4 Å². The van der Waals surface area contributed by atoms with Gasteiger partial charge in [0.05, 0.1) is 11.2 Å². The normalized spacial score (nSPS) is 11.2. The minimum absolute atomic E-state index is 0.346. The molecule has 21 heavy (non-hydrogen) atoms. The molecule has 6 heteroatoms. The zero-order valence-electron chi connectivity index (χ0n) is 12.6. The molecule has 3 aromatic rings. The van der Waals surface area contributed by atoms with Crippen LogP contribution in [0.1, 0.15) is 17.0 Å². The maximum absolute atomic E-state index is 11.5. The third-order valence-electron chi connectivity index (χ3n) is 3.92. The molecule has 0 aliphatic carbocycles. The van der Waals surface area contributed by atoms with Crippen molar-refractivity contribution in [3.8, 4) is 0 Å². The van der Waals surface area contributed by atoms with Gasteiger partial charge in [0.2, 0.25) is 0 Å². The zero-order chi connectivity index (χ0) is 15.1. The molecule has 0 fully saturated rings. The highest BCUT2D eigenvalue weighted by Crippen LogP contribution is 2.19. The second kappa shape index (κ2) is 4.80. The lowest BCUT2D eigenvalue weighted by atomic mass is 10.2. The number of nitrogens with one attached hydrogen (secondary N) is 1. The van der Waals surface area contributed by atoms with E-state index in [1.807, 2.05) is 36.9 Å². The molecule has 0 amide bonds. The van der Waals surface area contributed by atoms with Gasteiger partial charge in [-0.05, 0) is 26.0 Å². The van der Waals surface area contributed by atoms with Gasteiger partial charge in [0.25, 0.3) is 0 Å². The number of hydrogen-bond donors (Lipinski definition) is 1. The molecule has 3 rings (SSSR count). The first-order valence-corrected chi connectivity index (χ1v) is 6.80. The molecule has 0 atom stereocenters. The largest absolute Gasteiger partial charge is 0.419 e. The fourth-order valence-corrected chi connectivity index (χ4v) is 2.51. The molecule has 0 unspecified atom stereocenters. The highest BCUT2D eigenvalue weighted by Gasteiger charge is 2.10. The van der Waals surface area contributed by atoms with E-state index in [0.717, 1.165) is 22.6 Å². The molecule has 2 heterocycles. The summed E-state index contributed by atoms with van der Waals surface area (Å²) in [6.07, 6.45) is 0. The summed E-state index contributed by atoms with van der Waals surface area (Å²) in [4.78, 5) is 11.5. The van der Waals surface area contributed by atoms with Crippen LogP contribution in [0.25, 0.3) is 11.1 Å².